The molecule has 0 aromatic heterocycles. The fraction of sp³-hybridized carbons (Fsp3) is 0.0870. The molecular formula is C46H32F6O2P2. The van der Waals surface area contributed by atoms with E-state index in [2.05, 4.69) is 0 Å². The van der Waals surface area contributed by atoms with Crippen LogP contribution in [-0.2, 0) is 21.5 Å². The smallest absolute Gasteiger partial charge is 0.309 e. The van der Waals surface area contributed by atoms with Crippen LogP contribution in [0.25, 0.3) is 32.3 Å². The second-order valence-electron chi connectivity index (χ2n) is 14.0. The Kier molecular flexibility index (Phi) is 9.14. The van der Waals surface area contributed by atoms with Crippen LogP contribution < -0.4 is 31.8 Å². The van der Waals surface area contributed by atoms with E-state index in [-0.39, 0.29) is 15.9 Å². The number of alkyl halides is 6. The Morgan fingerprint density at radius 3 is 0.911 bits per heavy atom. The third kappa shape index (κ3) is 6.35. The molecule has 0 fully saturated rings. The molecule has 0 unspecified atom stereocenters. The summed E-state index contributed by atoms with van der Waals surface area (Å²) in [5, 5.41) is 7.11. The van der Waals surface area contributed by atoms with Gasteiger partial charge in [0, 0.05) is 31.8 Å². The Bertz CT molecular complexity index is 2750. The predicted octanol–water partition coefficient (Wildman–Crippen LogP) is 11.1. The van der Waals surface area contributed by atoms with Crippen LogP contribution in [0.15, 0.2) is 158 Å². The molecule has 280 valence electrons. The molecule has 0 radical (unpaired) electrons. The van der Waals surface area contributed by atoms with Crippen molar-refractivity contribution < 1.29 is 35.5 Å². The minimum atomic E-state index is -4.65. The normalized spacial score (nSPS) is 12.8. The molecule has 0 spiro atoms. The summed E-state index contributed by atoms with van der Waals surface area (Å²) < 4.78 is 112. The molecule has 0 aliphatic rings. The molecule has 2 nitrogen and oxygen atoms in total. The standard InChI is InChI=1S/C46H32F6O2P2/c1-29-7-15-33(16-8-29)55(53,34-17-9-30(2)10-18-34)37-23-25-41-42-26-24-38(28-44(42)40-6-4-3-5-39(40)43(41)27-37)56(54,35-19-11-31(12-20-35)45(47,48)49)36-21-13-32(14-22-36)46(50,51)52/h3-28H,1-2H3. The highest BCUT2D eigenvalue weighted by atomic mass is 31.2. The number of halogens is 6. The second-order valence-corrected chi connectivity index (χ2v) is 19.5. The lowest BCUT2D eigenvalue weighted by Crippen LogP contribution is -2.26. The SMILES string of the molecule is Cc1ccc(P(=O)(c2ccc(C)cc2)c2ccc3c4ccc(P(=O)(c5ccc(C(F)(F)F)cc5)c5ccc(C(F)(F)F)cc5)cc4c4ccccc4c3c2)cc1. The molecule has 0 saturated carbocycles. The molecule has 0 N–H and O–H groups in total. The molecule has 0 amide bonds. The van der Waals surface area contributed by atoms with Gasteiger partial charge in [-0.15, -0.1) is 0 Å². The van der Waals surface area contributed by atoms with Gasteiger partial charge in [-0.2, -0.15) is 26.3 Å². The summed E-state index contributed by atoms with van der Waals surface area (Å²) >= 11 is 0. The van der Waals surface area contributed by atoms with E-state index >= 15 is 9.13 Å². The van der Waals surface area contributed by atoms with E-state index in [1.807, 2.05) is 105 Å². The van der Waals surface area contributed by atoms with Gasteiger partial charge >= 0.3 is 12.4 Å². The van der Waals surface area contributed by atoms with Crippen molar-refractivity contribution in [2.75, 3.05) is 0 Å². The van der Waals surface area contributed by atoms with Crippen molar-refractivity contribution in [3.8, 4) is 0 Å². The van der Waals surface area contributed by atoms with Gasteiger partial charge in [-0.1, -0.05) is 132 Å². The van der Waals surface area contributed by atoms with Gasteiger partial charge in [0.15, 0.2) is 14.3 Å². The Morgan fingerprint density at radius 1 is 0.339 bits per heavy atom. The van der Waals surface area contributed by atoms with Crippen LogP contribution in [0.2, 0.25) is 0 Å². The zero-order valence-corrected chi connectivity index (χ0v) is 31.8. The van der Waals surface area contributed by atoms with Gasteiger partial charge in [-0.25, -0.2) is 0 Å². The van der Waals surface area contributed by atoms with Gasteiger partial charge in [-0.3, -0.25) is 0 Å². The zero-order chi connectivity index (χ0) is 39.6. The first-order chi connectivity index (χ1) is 26.6. The van der Waals surface area contributed by atoms with Crippen molar-refractivity contribution in [1.29, 1.82) is 0 Å². The minimum absolute atomic E-state index is 0.0438. The molecule has 56 heavy (non-hydrogen) atoms. The van der Waals surface area contributed by atoms with E-state index in [0.717, 1.165) is 86.6 Å². The quantitative estimate of drug-likeness (QED) is 0.0955. The monoisotopic (exact) mass is 792 g/mol. The topological polar surface area (TPSA) is 34.1 Å². The highest BCUT2D eigenvalue weighted by Gasteiger charge is 2.36. The van der Waals surface area contributed by atoms with E-state index in [9.17, 15) is 26.3 Å². The van der Waals surface area contributed by atoms with E-state index in [4.69, 9.17) is 0 Å². The average Bonchev–Trinajstić information content (AvgIpc) is 3.20. The molecular weight excluding hydrogens is 760 g/mol. The molecule has 0 heterocycles. The number of fused-ring (bicyclic) bond motifs is 6. The van der Waals surface area contributed by atoms with Crippen molar-refractivity contribution in [3.63, 3.8) is 0 Å². The van der Waals surface area contributed by atoms with Crippen molar-refractivity contribution in [3.05, 3.63) is 180 Å². The third-order valence-corrected chi connectivity index (χ3v) is 16.6. The summed E-state index contributed by atoms with van der Waals surface area (Å²) in [6.45, 7) is 3.95. The van der Waals surface area contributed by atoms with Crippen LogP contribution in [0, 0.1) is 13.8 Å². The minimum Gasteiger partial charge on any atom is -0.309 e. The second kappa shape index (κ2) is 13.7. The maximum absolute atomic E-state index is 15.5. The van der Waals surface area contributed by atoms with Crippen LogP contribution in [0.1, 0.15) is 22.3 Å². The maximum Gasteiger partial charge on any atom is 0.416 e. The lowest BCUT2D eigenvalue weighted by atomic mass is 9.94. The highest BCUT2D eigenvalue weighted by Crippen LogP contribution is 2.47. The summed E-state index contributed by atoms with van der Waals surface area (Å²) in [7, 11) is -7.40. The lowest BCUT2D eigenvalue weighted by Gasteiger charge is -2.23. The van der Waals surface area contributed by atoms with Gasteiger partial charge in [0.05, 0.1) is 11.1 Å². The molecule has 0 saturated heterocycles. The first-order valence-corrected chi connectivity index (χ1v) is 21.1. The summed E-state index contributed by atoms with van der Waals surface area (Å²) in [5.74, 6) is 0. The molecule has 0 bridgehead atoms. The van der Waals surface area contributed by atoms with Crippen LogP contribution in [0.3, 0.4) is 0 Å². The number of hydrogen-bond donors (Lipinski definition) is 0. The molecule has 0 atom stereocenters. The summed E-state index contributed by atoms with van der Waals surface area (Å²) in [4.78, 5) is 0. The number of rotatable bonds is 6. The number of hydrogen-bond acceptors (Lipinski definition) is 2. The van der Waals surface area contributed by atoms with E-state index < -0.39 is 37.8 Å². The van der Waals surface area contributed by atoms with Gasteiger partial charge in [0.1, 0.15) is 0 Å². The molecule has 0 aliphatic heterocycles. The van der Waals surface area contributed by atoms with Crippen molar-refractivity contribution in [2.24, 2.45) is 0 Å². The summed E-state index contributed by atoms with van der Waals surface area (Å²) in [6.07, 6.45) is -9.29. The Labute approximate surface area is 319 Å². The van der Waals surface area contributed by atoms with E-state index in [1.54, 1.807) is 18.2 Å². The van der Waals surface area contributed by atoms with Crippen LogP contribution in [0.4, 0.5) is 26.3 Å². The summed E-state index contributed by atoms with van der Waals surface area (Å²) in [5.41, 5.74) is 0.205. The summed E-state index contributed by atoms with van der Waals surface area (Å²) in [6, 6.07) is 41.8. The first-order valence-electron chi connectivity index (χ1n) is 17.7. The van der Waals surface area contributed by atoms with Gasteiger partial charge < -0.3 is 9.13 Å². The zero-order valence-electron chi connectivity index (χ0n) is 30.0. The first kappa shape index (κ1) is 37.5. The molecule has 0 aliphatic carbocycles. The van der Waals surface area contributed by atoms with Gasteiger partial charge in [0.25, 0.3) is 0 Å². The van der Waals surface area contributed by atoms with Crippen molar-refractivity contribution >= 4 is 78.4 Å². The molecule has 8 rings (SSSR count). The van der Waals surface area contributed by atoms with E-state index in [0.29, 0.717) is 21.3 Å². The fourth-order valence-electron chi connectivity index (χ4n) is 7.45. The predicted molar refractivity (Wildman–Crippen MR) is 217 cm³/mol. The largest absolute Gasteiger partial charge is 0.416 e. The lowest BCUT2D eigenvalue weighted by molar-refractivity contribution is -0.138. The Hall–Kier alpha value is -5.42. The Morgan fingerprint density at radius 2 is 0.607 bits per heavy atom. The van der Waals surface area contributed by atoms with Crippen molar-refractivity contribution in [2.45, 2.75) is 26.2 Å². The van der Waals surface area contributed by atoms with Crippen LogP contribution in [-0.4, -0.2) is 0 Å². The van der Waals surface area contributed by atoms with Crippen molar-refractivity contribution in [1.82, 2.24) is 0 Å². The fourth-order valence-corrected chi connectivity index (χ4v) is 12.7. The number of aryl methyl sites for hydroxylation is 2. The van der Waals surface area contributed by atoms with Crippen LogP contribution in [0.5, 0.6) is 0 Å². The maximum atomic E-state index is 15.5. The van der Waals surface area contributed by atoms with Gasteiger partial charge in [-0.05, 0) is 82.6 Å². The van der Waals surface area contributed by atoms with E-state index in [1.165, 1.54) is 0 Å². The molecule has 8 aromatic rings. The van der Waals surface area contributed by atoms with Crippen LogP contribution >= 0.6 is 14.3 Å². The average molecular weight is 793 g/mol. The Balaban J connectivity index is 1.36. The highest BCUT2D eigenvalue weighted by molar-refractivity contribution is 7.85. The third-order valence-electron chi connectivity index (χ3n) is 10.4. The molecule has 10 heteroatoms. The number of benzene rings is 8. The van der Waals surface area contributed by atoms with Gasteiger partial charge in [0.2, 0.25) is 0 Å². The molecule has 8 aromatic carbocycles.